The molecule has 0 spiro atoms. The van der Waals surface area contributed by atoms with Gasteiger partial charge in [0.2, 0.25) is 0 Å². The van der Waals surface area contributed by atoms with Gasteiger partial charge in [-0.25, -0.2) is 0 Å². The Labute approximate surface area is 62.7 Å². The summed E-state index contributed by atoms with van der Waals surface area (Å²) in [6.07, 6.45) is 10.8. The highest BCUT2D eigenvalue weighted by Crippen LogP contribution is 1.94. The van der Waals surface area contributed by atoms with Crippen LogP contribution in [-0.4, -0.2) is 0 Å². The first-order chi connectivity index (χ1) is 4.91. The molecule has 0 aliphatic heterocycles. The van der Waals surface area contributed by atoms with Gasteiger partial charge in [-0.2, -0.15) is 5.26 Å². The molecule has 0 N–H and O–H groups in total. The number of allylic oxidation sites excluding steroid dienone is 4. The van der Waals surface area contributed by atoms with E-state index in [1.54, 1.807) is 6.08 Å². The van der Waals surface area contributed by atoms with Crippen LogP contribution in [0.25, 0.3) is 0 Å². The molecule has 0 amide bonds. The molecule has 0 aliphatic carbocycles. The van der Waals surface area contributed by atoms with Gasteiger partial charge in [0, 0.05) is 6.08 Å². The zero-order valence-electron chi connectivity index (χ0n) is 6.38. The van der Waals surface area contributed by atoms with Crippen LogP contribution in [-0.2, 0) is 0 Å². The maximum Gasteiger partial charge on any atom is 0.0912 e. The summed E-state index contributed by atoms with van der Waals surface area (Å²) in [6, 6.07) is 1.93. The average Bonchev–Trinajstić information content (AvgIpc) is 1.97. The first-order valence-corrected chi connectivity index (χ1v) is 3.63. The molecule has 0 aromatic carbocycles. The Morgan fingerprint density at radius 3 is 2.80 bits per heavy atom. The average molecular weight is 135 g/mol. The third-order valence-corrected chi connectivity index (χ3v) is 1.14. The third kappa shape index (κ3) is 6.97. The van der Waals surface area contributed by atoms with Gasteiger partial charge in [0.15, 0.2) is 0 Å². The summed E-state index contributed by atoms with van der Waals surface area (Å²) < 4.78 is 0. The zero-order chi connectivity index (χ0) is 7.66. The predicted molar refractivity (Wildman–Crippen MR) is 43.4 cm³/mol. The van der Waals surface area contributed by atoms with Gasteiger partial charge in [0.1, 0.15) is 0 Å². The van der Waals surface area contributed by atoms with Crippen molar-refractivity contribution in [2.45, 2.75) is 26.2 Å². The van der Waals surface area contributed by atoms with Crippen LogP contribution in [0.4, 0.5) is 0 Å². The highest BCUT2D eigenvalue weighted by molar-refractivity contribution is 5.11. The Balaban J connectivity index is 3.22. The van der Waals surface area contributed by atoms with E-state index in [0.717, 1.165) is 6.42 Å². The largest absolute Gasteiger partial charge is 0.193 e. The molecule has 0 heterocycles. The van der Waals surface area contributed by atoms with Crippen molar-refractivity contribution in [3.8, 4) is 6.07 Å². The Bertz CT molecular complexity index is 149. The van der Waals surface area contributed by atoms with Gasteiger partial charge in [-0.1, -0.05) is 38.0 Å². The lowest BCUT2D eigenvalue weighted by Crippen LogP contribution is -1.64. The number of hydrogen-bond donors (Lipinski definition) is 0. The van der Waals surface area contributed by atoms with E-state index in [0.29, 0.717) is 0 Å². The van der Waals surface area contributed by atoms with Crippen molar-refractivity contribution in [3.05, 3.63) is 24.3 Å². The zero-order valence-corrected chi connectivity index (χ0v) is 6.38. The second-order valence-corrected chi connectivity index (χ2v) is 2.06. The summed E-state index contributed by atoms with van der Waals surface area (Å²) in [6.45, 7) is 2.17. The van der Waals surface area contributed by atoms with Crippen LogP contribution >= 0.6 is 0 Å². The standard InChI is InChI=1S/C9H13N/c1-2-3-4-5-6-7-8-9-10/h5-8H,2-4H2,1H3/b6-5-,8-7-. The van der Waals surface area contributed by atoms with Gasteiger partial charge >= 0.3 is 0 Å². The fraction of sp³-hybridized carbons (Fsp3) is 0.444. The highest BCUT2D eigenvalue weighted by atomic mass is 14.2. The van der Waals surface area contributed by atoms with E-state index in [1.807, 2.05) is 12.1 Å². The van der Waals surface area contributed by atoms with Gasteiger partial charge < -0.3 is 0 Å². The van der Waals surface area contributed by atoms with Crippen LogP contribution < -0.4 is 0 Å². The number of rotatable bonds is 4. The maximum atomic E-state index is 8.10. The summed E-state index contributed by atoms with van der Waals surface area (Å²) in [5.74, 6) is 0. The second-order valence-electron chi connectivity index (χ2n) is 2.06. The van der Waals surface area contributed by atoms with Gasteiger partial charge in [0.25, 0.3) is 0 Å². The van der Waals surface area contributed by atoms with E-state index < -0.39 is 0 Å². The molecule has 0 rings (SSSR count). The first kappa shape index (κ1) is 8.97. The van der Waals surface area contributed by atoms with Crippen LogP contribution in [0.5, 0.6) is 0 Å². The molecule has 0 bridgehead atoms. The molecule has 1 nitrogen and oxygen atoms in total. The molecule has 0 radical (unpaired) electrons. The topological polar surface area (TPSA) is 23.8 Å². The molecular formula is C9H13N. The van der Waals surface area contributed by atoms with Crippen molar-refractivity contribution in [2.75, 3.05) is 0 Å². The Morgan fingerprint density at radius 2 is 2.20 bits per heavy atom. The molecule has 0 aliphatic rings. The molecule has 1 heteroatoms. The summed E-state index contributed by atoms with van der Waals surface area (Å²) in [5, 5.41) is 8.10. The fourth-order valence-corrected chi connectivity index (χ4v) is 0.595. The molecule has 10 heavy (non-hydrogen) atoms. The van der Waals surface area contributed by atoms with Gasteiger partial charge in [-0.05, 0) is 6.42 Å². The maximum absolute atomic E-state index is 8.10. The highest BCUT2D eigenvalue weighted by Gasteiger charge is 1.74. The lowest BCUT2D eigenvalue weighted by Gasteiger charge is -1.84. The van der Waals surface area contributed by atoms with Crippen LogP contribution in [0.2, 0.25) is 0 Å². The van der Waals surface area contributed by atoms with Gasteiger partial charge in [0.05, 0.1) is 6.07 Å². The van der Waals surface area contributed by atoms with E-state index in [-0.39, 0.29) is 0 Å². The minimum atomic E-state index is 1.12. The van der Waals surface area contributed by atoms with E-state index in [9.17, 15) is 0 Å². The molecular weight excluding hydrogens is 122 g/mol. The minimum Gasteiger partial charge on any atom is -0.193 e. The lowest BCUT2D eigenvalue weighted by atomic mass is 10.2. The van der Waals surface area contributed by atoms with E-state index >= 15 is 0 Å². The van der Waals surface area contributed by atoms with Crippen molar-refractivity contribution in [1.29, 1.82) is 5.26 Å². The molecule has 0 aromatic rings. The van der Waals surface area contributed by atoms with Crippen LogP contribution in [0.3, 0.4) is 0 Å². The second kappa shape index (κ2) is 7.97. The summed E-state index contributed by atoms with van der Waals surface area (Å²) >= 11 is 0. The van der Waals surface area contributed by atoms with Crippen molar-refractivity contribution >= 4 is 0 Å². The summed E-state index contributed by atoms with van der Waals surface area (Å²) in [5.41, 5.74) is 0. The Kier molecular flexibility index (Phi) is 7.15. The lowest BCUT2D eigenvalue weighted by molar-refractivity contribution is 0.815. The van der Waals surface area contributed by atoms with E-state index in [2.05, 4.69) is 13.0 Å². The Hall–Kier alpha value is -1.03. The third-order valence-electron chi connectivity index (χ3n) is 1.14. The molecule has 54 valence electrons. The Morgan fingerprint density at radius 1 is 1.40 bits per heavy atom. The summed E-state index contributed by atoms with van der Waals surface area (Å²) in [4.78, 5) is 0. The molecule has 0 fully saturated rings. The van der Waals surface area contributed by atoms with E-state index in [4.69, 9.17) is 5.26 Å². The van der Waals surface area contributed by atoms with Crippen LogP contribution in [0.15, 0.2) is 24.3 Å². The minimum absolute atomic E-state index is 1.12. The van der Waals surface area contributed by atoms with Crippen molar-refractivity contribution in [2.24, 2.45) is 0 Å². The predicted octanol–water partition coefficient (Wildman–Crippen LogP) is 2.81. The van der Waals surface area contributed by atoms with E-state index in [1.165, 1.54) is 18.9 Å². The smallest absolute Gasteiger partial charge is 0.0912 e. The quantitative estimate of drug-likeness (QED) is 0.330. The number of unbranched alkanes of at least 4 members (excludes halogenated alkanes) is 2. The van der Waals surface area contributed by atoms with Gasteiger partial charge in [-0.15, -0.1) is 0 Å². The SMILES string of the molecule is CCCC/C=C\C=C/C#N. The van der Waals surface area contributed by atoms with Crippen molar-refractivity contribution < 1.29 is 0 Å². The fourth-order valence-electron chi connectivity index (χ4n) is 0.595. The molecule has 0 unspecified atom stereocenters. The number of nitriles is 1. The molecule has 0 atom stereocenters. The molecule has 0 saturated heterocycles. The molecule has 0 saturated carbocycles. The normalized spacial score (nSPS) is 10.8. The number of nitrogens with zero attached hydrogens (tertiary/aromatic N) is 1. The van der Waals surface area contributed by atoms with Crippen molar-refractivity contribution in [1.82, 2.24) is 0 Å². The van der Waals surface area contributed by atoms with Crippen molar-refractivity contribution in [3.63, 3.8) is 0 Å². The first-order valence-electron chi connectivity index (χ1n) is 3.63. The summed E-state index contributed by atoms with van der Waals surface area (Å²) in [7, 11) is 0. The molecule has 0 aromatic heterocycles. The van der Waals surface area contributed by atoms with Gasteiger partial charge in [-0.3, -0.25) is 0 Å². The monoisotopic (exact) mass is 135 g/mol. The number of hydrogen-bond acceptors (Lipinski definition) is 1. The van der Waals surface area contributed by atoms with Crippen LogP contribution in [0.1, 0.15) is 26.2 Å². The van der Waals surface area contributed by atoms with Crippen LogP contribution in [0, 0.1) is 11.3 Å².